The van der Waals surface area contributed by atoms with E-state index in [-0.39, 0.29) is 5.75 Å². The second kappa shape index (κ2) is 9.73. The van der Waals surface area contributed by atoms with Gasteiger partial charge >= 0.3 is 6.61 Å². The SMILES string of the molecule is CCOc1cc(CN2CCC(Nc3cnc(N)c(C)c3)CC2)ccc1OC(F)F. The lowest BCUT2D eigenvalue weighted by Crippen LogP contribution is -2.38. The number of benzene rings is 1. The van der Waals surface area contributed by atoms with Crippen LogP contribution in [-0.4, -0.2) is 42.2 Å². The number of likely N-dealkylation sites (tertiary alicyclic amines) is 1. The van der Waals surface area contributed by atoms with Gasteiger partial charge in [-0.15, -0.1) is 0 Å². The van der Waals surface area contributed by atoms with E-state index < -0.39 is 6.61 Å². The second-order valence-corrected chi connectivity index (χ2v) is 7.21. The summed E-state index contributed by atoms with van der Waals surface area (Å²) in [5.41, 5.74) is 8.75. The highest BCUT2D eigenvalue weighted by atomic mass is 19.3. The summed E-state index contributed by atoms with van der Waals surface area (Å²) in [5, 5.41) is 3.53. The van der Waals surface area contributed by atoms with Crippen molar-refractivity contribution in [2.75, 3.05) is 30.7 Å². The summed E-state index contributed by atoms with van der Waals surface area (Å²) in [4.78, 5) is 6.55. The van der Waals surface area contributed by atoms with E-state index in [1.54, 1.807) is 18.3 Å². The summed E-state index contributed by atoms with van der Waals surface area (Å²) < 4.78 is 35.1. The van der Waals surface area contributed by atoms with Crippen molar-refractivity contribution in [2.24, 2.45) is 0 Å². The Morgan fingerprint density at radius 3 is 2.66 bits per heavy atom. The van der Waals surface area contributed by atoms with E-state index in [4.69, 9.17) is 10.5 Å². The van der Waals surface area contributed by atoms with Gasteiger partial charge in [0.2, 0.25) is 0 Å². The Kier molecular flexibility index (Phi) is 7.09. The zero-order valence-electron chi connectivity index (χ0n) is 16.8. The summed E-state index contributed by atoms with van der Waals surface area (Å²) in [6, 6.07) is 7.56. The molecule has 0 saturated carbocycles. The van der Waals surface area contributed by atoms with Crippen molar-refractivity contribution in [3.8, 4) is 11.5 Å². The Morgan fingerprint density at radius 2 is 2.00 bits per heavy atom. The first kappa shape index (κ1) is 21.1. The molecule has 1 aromatic heterocycles. The van der Waals surface area contributed by atoms with Gasteiger partial charge in [-0.05, 0) is 56.0 Å². The van der Waals surface area contributed by atoms with Gasteiger partial charge in [-0.3, -0.25) is 4.90 Å². The third-order valence-electron chi connectivity index (χ3n) is 5.01. The Morgan fingerprint density at radius 1 is 1.24 bits per heavy atom. The molecule has 0 radical (unpaired) electrons. The molecule has 1 aliphatic rings. The van der Waals surface area contributed by atoms with Crippen LogP contribution >= 0.6 is 0 Å². The molecule has 29 heavy (non-hydrogen) atoms. The summed E-state index contributed by atoms with van der Waals surface area (Å²) in [5.74, 6) is 0.982. The van der Waals surface area contributed by atoms with Crippen molar-refractivity contribution >= 4 is 11.5 Å². The van der Waals surface area contributed by atoms with E-state index in [0.29, 0.717) is 24.2 Å². The molecule has 3 N–H and O–H groups in total. The summed E-state index contributed by atoms with van der Waals surface area (Å²) >= 11 is 0. The van der Waals surface area contributed by atoms with Crippen LogP contribution in [0.4, 0.5) is 20.3 Å². The van der Waals surface area contributed by atoms with E-state index in [1.165, 1.54) is 0 Å². The number of halogens is 2. The molecular weight excluding hydrogens is 378 g/mol. The number of anilines is 2. The van der Waals surface area contributed by atoms with E-state index >= 15 is 0 Å². The normalized spacial score (nSPS) is 15.5. The van der Waals surface area contributed by atoms with Gasteiger partial charge in [0.1, 0.15) is 5.82 Å². The highest BCUT2D eigenvalue weighted by molar-refractivity contribution is 5.51. The minimum Gasteiger partial charge on any atom is -0.490 e. The number of ether oxygens (including phenoxy) is 2. The molecule has 0 unspecified atom stereocenters. The first-order valence-electron chi connectivity index (χ1n) is 9.86. The monoisotopic (exact) mass is 406 g/mol. The van der Waals surface area contributed by atoms with Crippen LogP contribution in [0.3, 0.4) is 0 Å². The first-order chi connectivity index (χ1) is 13.9. The molecule has 0 spiro atoms. The average molecular weight is 406 g/mol. The molecule has 1 saturated heterocycles. The maximum atomic E-state index is 12.5. The van der Waals surface area contributed by atoms with Crippen molar-refractivity contribution in [1.82, 2.24) is 9.88 Å². The number of rotatable bonds is 8. The van der Waals surface area contributed by atoms with Crippen LogP contribution < -0.4 is 20.5 Å². The third kappa shape index (κ3) is 5.93. The van der Waals surface area contributed by atoms with Gasteiger partial charge in [-0.2, -0.15) is 8.78 Å². The Hall–Kier alpha value is -2.61. The van der Waals surface area contributed by atoms with Gasteiger partial charge in [0, 0.05) is 25.7 Å². The number of piperidine rings is 1. The maximum absolute atomic E-state index is 12.5. The van der Waals surface area contributed by atoms with Crippen molar-refractivity contribution in [1.29, 1.82) is 0 Å². The number of nitrogen functional groups attached to an aromatic ring is 1. The molecule has 158 valence electrons. The van der Waals surface area contributed by atoms with Crippen molar-refractivity contribution in [3.05, 3.63) is 41.6 Å². The fraction of sp³-hybridized carbons (Fsp3) is 0.476. The van der Waals surface area contributed by atoms with E-state index in [0.717, 1.165) is 49.3 Å². The molecule has 3 rings (SSSR count). The van der Waals surface area contributed by atoms with Gasteiger partial charge in [0.15, 0.2) is 11.5 Å². The van der Waals surface area contributed by atoms with Crippen molar-refractivity contribution in [3.63, 3.8) is 0 Å². The number of nitrogens with one attached hydrogen (secondary N) is 1. The molecule has 0 atom stereocenters. The minimum absolute atomic E-state index is 0.0703. The van der Waals surface area contributed by atoms with E-state index in [1.807, 2.05) is 26.0 Å². The number of alkyl halides is 2. The Bertz CT molecular complexity index is 811. The van der Waals surface area contributed by atoms with Crippen LogP contribution in [0.1, 0.15) is 30.9 Å². The number of nitrogens with two attached hydrogens (primary N) is 1. The number of hydrogen-bond donors (Lipinski definition) is 2. The standard InChI is InChI=1S/C21H28F2N4O2/c1-3-28-19-11-15(4-5-18(19)29-21(22)23)13-27-8-6-16(7-9-27)26-17-10-14(2)20(24)25-12-17/h4-5,10-12,16,21,26H,3,6-9,13H2,1-2H3,(H2,24,25). The van der Waals surface area contributed by atoms with Crippen molar-refractivity contribution < 1.29 is 18.3 Å². The molecule has 2 aromatic rings. The van der Waals surface area contributed by atoms with Gasteiger partial charge in [-0.1, -0.05) is 6.07 Å². The number of aromatic nitrogens is 1. The van der Waals surface area contributed by atoms with Gasteiger partial charge in [0.05, 0.1) is 18.5 Å². The van der Waals surface area contributed by atoms with E-state index in [9.17, 15) is 8.78 Å². The highest BCUT2D eigenvalue weighted by Gasteiger charge is 2.20. The number of hydrogen-bond acceptors (Lipinski definition) is 6. The predicted octanol–water partition coefficient (Wildman–Crippen LogP) is 4.05. The first-order valence-corrected chi connectivity index (χ1v) is 9.86. The molecule has 0 amide bonds. The van der Waals surface area contributed by atoms with Gasteiger partial charge in [-0.25, -0.2) is 4.98 Å². The largest absolute Gasteiger partial charge is 0.490 e. The van der Waals surface area contributed by atoms with Crippen LogP contribution in [0.2, 0.25) is 0 Å². The molecular formula is C21H28F2N4O2. The van der Waals surface area contributed by atoms with Crippen LogP contribution in [0.25, 0.3) is 0 Å². The Labute approximate surface area is 170 Å². The third-order valence-corrected chi connectivity index (χ3v) is 5.01. The van der Waals surface area contributed by atoms with Crippen LogP contribution in [0, 0.1) is 6.92 Å². The molecule has 1 fully saturated rings. The number of nitrogens with zero attached hydrogens (tertiary/aromatic N) is 2. The number of aryl methyl sites for hydroxylation is 1. The Balaban J connectivity index is 1.54. The predicted molar refractivity (Wildman–Crippen MR) is 110 cm³/mol. The quantitative estimate of drug-likeness (QED) is 0.689. The number of pyridine rings is 1. The molecule has 0 bridgehead atoms. The maximum Gasteiger partial charge on any atom is 0.387 e. The van der Waals surface area contributed by atoms with Crippen molar-refractivity contribution in [2.45, 2.75) is 45.9 Å². The molecule has 6 nitrogen and oxygen atoms in total. The minimum atomic E-state index is -2.87. The molecule has 0 aliphatic carbocycles. The highest BCUT2D eigenvalue weighted by Crippen LogP contribution is 2.30. The fourth-order valence-electron chi connectivity index (χ4n) is 3.51. The van der Waals surface area contributed by atoms with Gasteiger partial charge < -0.3 is 20.5 Å². The second-order valence-electron chi connectivity index (χ2n) is 7.21. The lowest BCUT2D eigenvalue weighted by molar-refractivity contribution is -0.0514. The average Bonchev–Trinajstić information content (AvgIpc) is 2.68. The lowest BCUT2D eigenvalue weighted by atomic mass is 10.0. The molecule has 1 aromatic carbocycles. The molecule has 2 heterocycles. The smallest absolute Gasteiger partial charge is 0.387 e. The zero-order valence-corrected chi connectivity index (χ0v) is 16.8. The van der Waals surface area contributed by atoms with Crippen LogP contribution in [-0.2, 0) is 6.54 Å². The molecule has 8 heteroatoms. The fourth-order valence-corrected chi connectivity index (χ4v) is 3.51. The van der Waals surface area contributed by atoms with Crippen LogP contribution in [0.5, 0.6) is 11.5 Å². The van der Waals surface area contributed by atoms with E-state index in [2.05, 4.69) is 19.9 Å². The topological polar surface area (TPSA) is 72.6 Å². The summed E-state index contributed by atoms with van der Waals surface area (Å²) in [6.45, 7) is 3.91. The summed E-state index contributed by atoms with van der Waals surface area (Å²) in [7, 11) is 0. The lowest BCUT2D eigenvalue weighted by Gasteiger charge is -2.33. The zero-order chi connectivity index (χ0) is 20.8. The summed E-state index contributed by atoms with van der Waals surface area (Å²) in [6.07, 6.45) is 3.79. The van der Waals surface area contributed by atoms with Crippen LogP contribution in [0.15, 0.2) is 30.5 Å². The molecule has 1 aliphatic heterocycles. The van der Waals surface area contributed by atoms with Gasteiger partial charge in [0.25, 0.3) is 0 Å².